The number of carbonyl (C=O) groups excluding carboxylic acids is 5. The Kier molecular flexibility index (Phi) is 9.35. The zero-order valence-corrected chi connectivity index (χ0v) is 22.0. The second-order valence-corrected chi connectivity index (χ2v) is 11.5. The van der Waals surface area contributed by atoms with Crippen LogP contribution in [0.2, 0.25) is 0 Å². The molecule has 0 aromatic carbocycles. The second kappa shape index (κ2) is 12.1. The normalized spacial score (nSPS) is 23.1. The molecule has 0 radical (unpaired) electrons. The molecule has 1 saturated carbocycles. The Hall–Kier alpha value is -2.65. The molecule has 10 nitrogen and oxygen atoms in total. The number of likely N-dealkylation sites (tertiary alicyclic amines) is 1. The van der Waals surface area contributed by atoms with Crippen LogP contribution in [0.25, 0.3) is 0 Å². The number of nitrogens with zero attached hydrogens (tertiary/aromatic N) is 1. The first-order valence-electron chi connectivity index (χ1n) is 13.3. The fraction of sp³-hybridized carbons (Fsp3) is 0.808. The first-order valence-corrected chi connectivity index (χ1v) is 13.3. The van der Waals surface area contributed by atoms with Crippen molar-refractivity contribution in [3.8, 4) is 0 Å². The summed E-state index contributed by atoms with van der Waals surface area (Å²) in [5.74, 6) is -0.546. The molecule has 0 bridgehead atoms. The Morgan fingerprint density at radius 3 is 2.33 bits per heavy atom. The van der Waals surface area contributed by atoms with E-state index in [4.69, 9.17) is 4.74 Å². The van der Waals surface area contributed by atoms with Crippen LogP contribution in [0, 0.1) is 23.2 Å². The lowest BCUT2D eigenvalue weighted by Gasteiger charge is -2.51. The quantitative estimate of drug-likeness (QED) is 0.387. The van der Waals surface area contributed by atoms with Crippen molar-refractivity contribution in [3.05, 3.63) is 0 Å². The van der Waals surface area contributed by atoms with Gasteiger partial charge in [0.15, 0.2) is 0 Å². The molecule has 1 aliphatic carbocycles. The molecule has 0 aromatic heterocycles. The van der Waals surface area contributed by atoms with Gasteiger partial charge >= 0.3 is 6.09 Å². The first kappa shape index (κ1) is 27.9. The van der Waals surface area contributed by atoms with Gasteiger partial charge in [-0.15, -0.1) is 0 Å². The lowest BCUT2D eigenvalue weighted by molar-refractivity contribution is -0.140. The predicted molar refractivity (Wildman–Crippen MR) is 133 cm³/mol. The lowest BCUT2D eigenvalue weighted by Crippen LogP contribution is -2.54. The van der Waals surface area contributed by atoms with Crippen LogP contribution in [-0.2, 0) is 23.9 Å². The molecule has 3 rings (SSSR count). The summed E-state index contributed by atoms with van der Waals surface area (Å²) in [7, 11) is 0. The number of piperidine rings is 1. The van der Waals surface area contributed by atoms with Crippen molar-refractivity contribution in [1.82, 2.24) is 20.9 Å². The third-order valence-corrected chi connectivity index (χ3v) is 7.73. The summed E-state index contributed by atoms with van der Waals surface area (Å²) < 4.78 is 5.61. The molecule has 10 heteroatoms. The van der Waals surface area contributed by atoms with Crippen LogP contribution in [0.3, 0.4) is 0 Å². The van der Waals surface area contributed by atoms with E-state index in [1.54, 1.807) is 0 Å². The second-order valence-electron chi connectivity index (χ2n) is 11.5. The Morgan fingerprint density at radius 2 is 1.81 bits per heavy atom. The molecule has 3 fully saturated rings. The van der Waals surface area contributed by atoms with Gasteiger partial charge in [-0.05, 0) is 56.3 Å². The zero-order chi connectivity index (χ0) is 26.5. The van der Waals surface area contributed by atoms with E-state index in [0.29, 0.717) is 25.7 Å². The van der Waals surface area contributed by atoms with Crippen molar-refractivity contribution in [3.63, 3.8) is 0 Å². The Labute approximate surface area is 213 Å². The first-order chi connectivity index (χ1) is 17.0. The van der Waals surface area contributed by atoms with E-state index in [1.165, 1.54) is 0 Å². The molecule has 4 amide bonds. The minimum atomic E-state index is -0.836. The maximum Gasteiger partial charge on any atom is 0.408 e. The third-order valence-electron chi connectivity index (χ3n) is 7.73. The average Bonchev–Trinajstić information content (AvgIpc) is 3.20. The summed E-state index contributed by atoms with van der Waals surface area (Å²) in [5, 5.41) is 8.10. The van der Waals surface area contributed by atoms with Crippen molar-refractivity contribution in [1.29, 1.82) is 0 Å². The number of amides is 4. The summed E-state index contributed by atoms with van der Waals surface area (Å²) in [5.41, 5.74) is 0.122. The van der Waals surface area contributed by atoms with Crippen molar-refractivity contribution in [2.45, 2.75) is 90.8 Å². The summed E-state index contributed by atoms with van der Waals surface area (Å²) in [6, 6.07) is -1.63. The molecular weight excluding hydrogens is 464 g/mol. The van der Waals surface area contributed by atoms with Crippen molar-refractivity contribution in [2.75, 3.05) is 19.6 Å². The van der Waals surface area contributed by atoms with Crippen molar-refractivity contribution < 1.29 is 28.7 Å². The summed E-state index contributed by atoms with van der Waals surface area (Å²) >= 11 is 0. The van der Waals surface area contributed by atoms with Crippen LogP contribution < -0.4 is 16.0 Å². The van der Waals surface area contributed by atoms with Crippen LogP contribution in [0.1, 0.15) is 72.6 Å². The molecule has 2 saturated heterocycles. The van der Waals surface area contributed by atoms with Crippen LogP contribution in [0.15, 0.2) is 0 Å². The molecule has 1 spiro atoms. The number of alkyl carbamates (subject to hydrolysis) is 1. The Bertz CT molecular complexity index is 828. The van der Waals surface area contributed by atoms with Gasteiger partial charge < -0.3 is 30.4 Å². The van der Waals surface area contributed by atoms with Gasteiger partial charge in [0.1, 0.15) is 18.4 Å². The molecular formula is C26H42N4O6. The summed E-state index contributed by atoms with van der Waals surface area (Å²) in [6.07, 6.45) is 4.42. The van der Waals surface area contributed by atoms with E-state index in [2.05, 4.69) is 16.0 Å². The van der Waals surface area contributed by atoms with E-state index in [9.17, 15) is 24.0 Å². The minimum Gasteiger partial charge on any atom is -0.446 e. The highest BCUT2D eigenvalue weighted by Crippen LogP contribution is 2.50. The third kappa shape index (κ3) is 7.20. The topological polar surface area (TPSA) is 134 Å². The molecule has 0 unspecified atom stereocenters. The molecule has 2 aliphatic heterocycles. The largest absolute Gasteiger partial charge is 0.446 e. The van der Waals surface area contributed by atoms with Gasteiger partial charge in [-0.2, -0.15) is 0 Å². The molecule has 3 N–H and O–H groups in total. The van der Waals surface area contributed by atoms with Crippen LogP contribution >= 0.6 is 0 Å². The Morgan fingerprint density at radius 1 is 1.14 bits per heavy atom. The molecule has 2 heterocycles. The van der Waals surface area contributed by atoms with Gasteiger partial charge in [0, 0.05) is 31.5 Å². The van der Waals surface area contributed by atoms with Gasteiger partial charge in [-0.1, -0.05) is 27.7 Å². The number of hydrogen-bond donors (Lipinski definition) is 3. The number of hydrogen-bond acceptors (Lipinski definition) is 6. The zero-order valence-electron chi connectivity index (χ0n) is 22.0. The van der Waals surface area contributed by atoms with Gasteiger partial charge in [0.05, 0.1) is 6.04 Å². The summed E-state index contributed by atoms with van der Waals surface area (Å²) in [4.78, 5) is 63.1. The number of carbonyl (C=O) groups is 5. The van der Waals surface area contributed by atoms with Crippen LogP contribution in [-0.4, -0.2) is 72.8 Å². The smallest absolute Gasteiger partial charge is 0.408 e. The summed E-state index contributed by atoms with van der Waals surface area (Å²) in [6.45, 7) is 9.78. The monoisotopic (exact) mass is 506 g/mol. The predicted octanol–water partition coefficient (Wildman–Crippen LogP) is 1.76. The van der Waals surface area contributed by atoms with E-state index in [0.717, 1.165) is 38.8 Å². The standard InChI is InChI=1S/C26H42N4O6/c1-16(2)11-21(23(33)28-19(15-31)12-18-5-8-27-22(18)32)29-25(35)36-20-13-26(14-20)6-9-30(10-7-26)24(34)17(3)4/h15-21H,5-14H2,1-4H3,(H,27,32)(H,28,33)(H,29,35)/t18-,19+,21+/m1/s1. The van der Waals surface area contributed by atoms with Crippen molar-refractivity contribution in [2.24, 2.45) is 23.2 Å². The van der Waals surface area contributed by atoms with Crippen LogP contribution in [0.5, 0.6) is 0 Å². The van der Waals surface area contributed by atoms with Gasteiger partial charge in [0.2, 0.25) is 17.7 Å². The van der Waals surface area contributed by atoms with Crippen molar-refractivity contribution >= 4 is 30.1 Å². The highest BCUT2D eigenvalue weighted by atomic mass is 16.6. The average molecular weight is 507 g/mol. The van der Waals surface area contributed by atoms with E-state index >= 15 is 0 Å². The highest BCUT2D eigenvalue weighted by Gasteiger charge is 2.48. The van der Waals surface area contributed by atoms with E-state index < -0.39 is 24.1 Å². The fourth-order valence-electron chi connectivity index (χ4n) is 5.60. The van der Waals surface area contributed by atoms with E-state index in [1.807, 2.05) is 32.6 Å². The fourth-order valence-corrected chi connectivity index (χ4v) is 5.60. The SMILES string of the molecule is CC(C)C[C@H](NC(=O)OC1CC2(CCN(C(=O)C(C)C)CC2)C1)C(=O)N[C@H](C=O)C[C@H]1CCNC1=O. The Balaban J connectivity index is 1.46. The van der Waals surface area contributed by atoms with Crippen LogP contribution in [0.4, 0.5) is 4.79 Å². The van der Waals surface area contributed by atoms with E-state index in [-0.39, 0.29) is 47.5 Å². The number of aldehydes is 1. The minimum absolute atomic E-state index is 0.000207. The maximum atomic E-state index is 12.9. The highest BCUT2D eigenvalue weighted by molar-refractivity contribution is 5.88. The molecule has 36 heavy (non-hydrogen) atoms. The number of ether oxygens (including phenoxy) is 1. The molecule has 202 valence electrons. The molecule has 0 aromatic rings. The number of nitrogens with one attached hydrogen (secondary N) is 3. The number of rotatable bonds is 10. The molecule has 3 atom stereocenters. The van der Waals surface area contributed by atoms with Gasteiger partial charge in [-0.25, -0.2) is 4.79 Å². The van der Waals surface area contributed by atoms with Gasteiger partial charge in [-0.3, -0.25) is 14.4 Å². The lowest BCUT2D eigenvalue weighted by atomic mass is 9.61. The molecule has 3 aliphatic rings. The van der Waals surface area contributed by atoms with Gasteiger partial charge in [0.25, 0.3) is 0 Å². The maximum absolute atomic E-state index is 12.9.